The van der Waals surface area contributed by atoms with Crippen LogP contribution in [0.4, 0.5) is 34.1 Å². The minimum Gasteiger partial charge on any atom is -0.459 e. The molecule has 3 heterocycles. The first-order valence-electron chi connectivity index (χ1n) is 26.4. The highest BCUT2D eigenvalue weighted by Crippen LogP contribution is 2.56. The molecule has 5 aromatic carbocycles. The molecule has 0 amide bonds. The number of hydrogen-bond acceptors (Lipinski definition) is 3. The Morgan fingerprint density at radius 3 is 1.49 bits per heavy atom. The van der Waals surface area contributed by atoms with E-state index in [1.807, 2.05) is 0 Å². The van der Waals surface area contributed by atoms with Gasteiger partial charge in [-0.3, -0.25) is 0 Å². The van der Waals surface area contributed by atoms with Gasteiger partial charge in [0.15, 0.2) is 0 Å². The van der Waals surface area contributed by atoms with Crippen molar-refractivity contribution in [3.63, 3.8) is 0 Å². The van der Waals surface area contributed by atoms with Crippen molar-refractivity contribution >= 4 is 62.7 Å². The molecule has 68 heavy (non-hydrogen) atoms. The van der Waals surface area contributed by atoms with Crippen LogP contribution in [0.5, 0.6) is 0 Å². The number of aryl methyl sites for hydroxylation is 3. The highest BCUT2D eigenvalue weighted by molar-refractivity contribution is 6.89. The lowest BCUT2D eigenvalue weighted by Crippen LogP contribution is -2.53. The second kappa shape index (κ2) is 14.4. The summed E-state index contributed by atoms with van der Waals surface area (Å²) in [6.45, 7) is 41.5. The quantitative estimate of drug-likeness (QED) is 0.161. The van der Waals surface area contributed by atoms with E-state index in [2.05, 4.69) is 200 Å². The summed E-state index contributed by atoms with van der Waals surface area (Å²) >= 11 is 0. The molecule has 4 heteroatoms. The molecule has 2 aliphatic heterocycles. The number of fused-ring (bicyclic) bond motifs is 8. The average molecular weight is 903 g/mol. The summed E-state index contributed by atoms with van der Waals surface area (Å²) in [6.07, 6.45) is 8.94. The monoisotopic (exact) mass is 903 g/mol. The highest BCUT2D eigenvalue weighted by atomic mass is 16.3. The first-order chi connectivity index (χ1) is 31.6. The lowest BCUT2D eigenvalue weighted by molar-refractivity contribution is 0.331. The fraction of sp³-hybridized carbons (Fsp3) is 0.500. The van der Waals surface area contributed by atoms with Gasteiger partial charge in [0, 0.05) is 40.2 Å². The van der Waals surface area contributed by atoms with Gasteiger partial charge in [0.25, 0.3) is 0 Å². The molecule has 0 saturated carbocycles. The minimum atomic E-state index is 0.0372. The molecular formula is C64H79BN2O. The molecule has 6 aromatic rings. The Morgan fingerprint density at radius 1 is 0.500 bits per heavy atom. The molecule has 0 fully saturated rings. The molecule has 11 rings (SSSR count). The summed E-state index contributed by atoms with van der Waals surface area (Å²) in [7, 11) is 0. The summed E-state index contributed by atoms with van der Waals surface area (Å²) in [6, 6.07) is 30.2. The smallest absolute Gasteiger partial charge is 0.218 e. The Kier molecular flexibility index (Phi) is 9.72. The molecule has 0 unspecified atom stereocenters. The largest absolute Gasteiger partial charge is 0.459 e. The van der Waals surface area contributed by atoms with Gasteiger partial charge < -0.3 is 14.2 Å². The highest BCUT2D eigenvalue weighted by Gasteiger charge is 2.46. The zero-order valence-corrected chi connectivity index (χ0v) is 45.0. The van der Waals surface area contributed by atoms with Crippen molar-refractivity contribution in [2.75, 3.05) is 9.80 Å². The number of rotatable bonds is 2. The molecule has 0 spiro atoms. The van der Waals surface area contributed by atoms with Crippen LogP contribution < -0.4 is 20.7 Å². The standard InChI is InChI=1S/C64H79BN2O/c1-38-30-52-56-53(31-38)67(50-35-46-43(32-39(50)2)59(6,7)23-26-62(46,12)13)51-36-47-45(61(10,11)25-27-63(47,14)15)34-49(51)65(56)29-22-54-57(66(52)41-20-18-40(19-21-41)58(3,4)5)42-33-44-48(37-55(42)68-54)64(16,17)28-24-60(44,8)9/h18-21,30-37H,22-29H2,1-17H3. The molecule has 0 atom stereocenters. The van der Waals surface area contributed by atoms with Crippen molar-refractivity contribution in [1.82, 2.24) is 0 Å². The predicted molar refractivity (Wildman–Crippen MR) is 293 cm³/mol. The third-order valence-electron chi connectivity index (χ3n) is 18.7. The number of benzene rings is 5. The van der Waals surface area contributed by atoms with Gasteiger partial charge >= 0.3 is 0 Å². The Balaban J connectivity index is 1.25. The maximum Gasteiger partial charge on any atom is 0.218 e. The molecule has 5 aliphatic rings. The van der Waals surface area contributed by atoms with Crippen LogP contribution in [-0.4, -0.2) is 6.71 Å². The third kappa shape index (κ3) is 6.78. The van der Waals surface area contributed by atoms with Crippen LogP contribution in [0, 0.1) is 13.8 Å². The second-order valence-electron chi connectivity index (χ2n) is 27.5. The summed E-state index contributed by atoms with van der Waals surface area (Å²) in [4.78, 5) is 5.40. The van der Waals surface area contributed by atoms with E-state index >= 15 is 0 Å². The average Bonchev–Trinajstić information content (AvgIpc) is 3.59. The SMILES string of the molecule is Cc1cc2c3c(c1)N(c1ccc(C(C)(C)C)cc1)c1c(oc4cc5c(cc14)C(C)(C)CCC5(C)C)CCB3c1cc3c(cc1N2c1cc2c(cc1C)C(C)(C)CCC2(C)C)C(C)(C)CCC3(C)C. The molecule has 3 aliphatic carbocycles. The van der Waals surface area contributed by atoms with Gasteiger partial charge in [0.05, 0.1) is 5.69 Å². The van der Waals surface area contributed by atoms with Gasteiger partial charge in [0.2, 0.25) is 6.71 Å². The zero-order valence-electron chi connectivity index (χ0n) is 45.0. The van der Waals surface area contributed by atoms with E-state index in [0.29, 0.717) is 0 Å². The van der Waals surface area contributed by atoms with Gasteiger partial charge in [-0.15, -0.1) is 0 Å². The van der Waals surface area contributed by atoms with Gasteiger partial charge in [-0.05, 0) is 194 Å². The summed E-state index contributed by atoms with van der Waals surface area (Å²) in [5.74, 6) is 1.10. The van der Waals surface area contributed by atoms with Gasteiger partial charge in [-0.25, -0.2) is 0 Å². The van der Waals surface area contributed by atoms with E-state index in [1.165, 1.54) is 139 Å². The van der Waals surface area contributed by atoms with Crippen molar-refractivity contribution in [2.45, 2.75) is 207 Å². The van der Waals surface area contributed by atoms with Gasteiger partial charge in [-0.2, -0.15) is 0 Å². The normalized spacial score (nSPS) is 21.2. The molecular weight excluding hydrogens is 824 g/mol. The predicted octanol–water partition coefficient (Wildman–Crippen LogP) is 16.8. The van der Waals surface area contributed by atoms with E-state index in [-0.39, 0.29) is 44.6 Å². The molecule has 0 saturated heterocycles. The van der Waals surface area contributed by atoms with Crippen LogP contribution >= 0.6 is 0 Å². The third-order valence-corrected chi connectivity index (χ3v) is 18.7. The van der Waals surface area contributed by atoms with E-state index in [0.717, 1.165) is 24.1 Å². The number of hydrogen-bond donors (Lipinski definition) is 0. The van der Waals surface area contributed by atoms with Crippen molar-refractivity contribution in [2.24, 2.45) is 0 Å². The van der Waals surface area contributed by atoms with Crippen molar-refractivity contribution in [1.29, 1.82) is 0 Å². The van der Waals surface area contributed by atoms with Crippen LogP contribution in [0.25, 0.3) is 11.0 Å². The second-order valence-corrected chi connectivity index (χ2v) is 27.5. The van der Waals surface area contributed by atoms with Gasteiger partial charge in [0.1, 0.15) is 11.3 Å². The molecule has 1 aromatic heterocycles. The number of furan rings is 1. The zero-order chi connectivity index (χ0) is 48.6. The number of anilines is 6. The van der Waals surface area contributed by atoms with Crippen molar-refractivity contribution in [3.05, 3.63) is 129 Å². The van der Waals surface area contributed by atoms with Crippen LogP contribution in [0.15, 0.2) is 77.2 Å². The summed E-state index contributed by atoms with van der Waals surface area (Å²) in [5.41, 5.74) is 25.2. The fourth-order valence-corrected chi connectivity index (χ4v) is 13.8. The fourth-order valence-electron chi connectivity index (χ4n) is 13.8. The maximum absolute atomic E-state index is 7.35. The van der Waals surface area contributed by atoms with Crippen LogP contribution in [0.1, 0.15) is 198 Å². The Labute approximate surface area is 410 Å². The molecule has 0 bridgehead atoms. The Morgan fingerprint density at radius 2 is 0.956 bits per heavy atom. The number of nitrogens with zero attached hydrogens (tertiary/aromatic N) is 2. The van der Waals surface area contributed by atoms with E-state index in [9.17, 15) is 0 Å². The van der Waals surface area contributed by atoms with Crippen molar-refractivity contribution in [3.8, 4) is 0 Å². The topological polar surface area (TPSA) is 19.6 Å². The van der Waals surface area contributed by atoms with Crippen LogP contribution in [-0.2, 0) is 44.3 Å². The summed E-state index contributed by atoms with van der Waals surface area (Å²) in [5, 5.41) is 1.24. The van der Waals surface area contributed by atoms with E-state index in [4.69, 9.17) is 4.42 Å². The lowest BCUT2D eigenvalue weighted by atomic mass is 9.35. The first kappa shape index (κ1) is 45.7. The Bertz CT molecular complexity index is 3090. The van der Waals surface area contributed by atoms with Crippen molar-refractivity contribution < 1.29 is 4.42 Å². The molecule has 354 valence electrons. The lowest BCUT2D eigenvalue weighted by Gasteiger charge is -2.47. The maximum atomic E-state index is 7.35. The molecule has 3 nitrogen and oxygen atoms in total. The Hall–Kier alpha value is -4.70. The van der Waals surface area contributed by atoms with E-state index in [1.54, 1.807) is 0 Å². The van der Waals surface area contributed by atoms with E-state index < -0.39 is 0 Å². The minimum absolute atomic E-state index is 0.0372. The van der Waals surface area contributed by atoms with Crippen LogP contribution in [0.3, 0.4) is 0 Å². The summed E-state index contributed by atoms with van der Waals surface area (Å²) < 4.78 is 7.35. The van der Waals surface area contributed by atoms with Gasteiger partial charge in [-0.1, -0.05) is 140 Å². The first-order valence-corrected chi connectivity index (χ1v) is 26.4. The van der Waals surface area contributed by atoms with Crippen LogP contribution in [0.2, 0.25) is 6.32 Å². The molecule has 0 N–H and O–H groups in total. The molecule has 0 radical (unpaired) electrons.